The molecule has 1 amide bonds. The molecule has 6 nitrogen and oxygen atoms in total. The number of nitrogens with zero attached hydrogens (tertiary/aromatic N) is 4. The highest BCUT2D eigenvalue weighted by Gasteiger charge is 2.14. The molecule has 0 saturated carbocycles. The molecule has 3 rings (SSSR count). The molecule has 0 radical (unpaired) electrons. The summed E-state index contributed by atoms with van der Waals surface area (Å²) in [4.78, 5) is 21.2. The highest BCUT2D eigenvalue weighted by molar-refractivity contribution is 6.30. The van der Waals surface area contributed by atoms with Crippen molar-refractivity contribution < 1.29 is 4.79 Å². The Hall–Kier alpha value is -2.73. The summed E-state index contributed by atoms with van der Waals surface area (Å²) in [6.07, 6.45) is 0. The standard InChI is InChI=1S/C17H16ClN5O/c1-10-8-11(2)20-17(19-10)23-15(9-12(3)22-23)21-16(24)13-4-6-14(18)7-5-13/h4-9H,1-3H3,(H,21,24). The van der Waals surface area contributed by atoms with Crippen LogP contribution in [0.4, 0.5) is 5.82 Å². The van der Waals surface area contributed by atoms with Crippen LogP contribution in [0.2, 0.25) is 5.02 Å². The predicted molar refractivity (Wildman–Crippen MR) is 92.8 cm³/mol. The van der Waals surface area contributed by atoms with Crippen LogP contribution in [0.3, 0.4) is 0 Å². The van der Waals surface area contributed by atoms with Crippen LogP contribution in [0.1, 0.15) is 27.4 Å². The molecular weight excluding hydrogens is 326 g/mol. The number of benzene rings is 1. The molecule has 1 N–H and O–H groups in total. The van der Waals surface area contributed by atoms with E-state index in [1.54, 1.807) is 30.3 Å². The average molecular weight is 342 g/mol. The Kier molecular flexibility index (Phi) is 4.31. The van der Waals surface area contributed by atoms with Crippen molar-refractivity contribution in [2.24, 2.45) is 0 Å². The molecule has 0 bridgehead atoms. The first-order chi connectivity index (χ1) is 11.4. The number of carbonyl (C=O) groups excluding carboxylic acids is 1. The van der Waals surface area contributed by atoms with Gasteiger partial charge in [0.15, 0.2) is 0 Å². The quantitative estimate of drug-likeness (QED) is 0.791. The summed E-state index contributed by atoms with van der Waals surface area (Å²) >= 11 is 5.85. The van der Waals surface area contributed by atoms with Gasteiger partial charge in [0.25, 0.3) is 11.9 Å². The molecule has 0 saturated heterocycles. The van der Waals surface area contributed by atoms with Gasteiger partial charge in [-0.25, -0.2) is 9.97 Å². The minimum atomic E-state index is -0.253. The molecule has 2 aromatic heterocycles. The van der Waals surface area contributed by atoms with Gasteiger partial charge in [-0.2, -0.15) is 9.78 Å². The maximum Gasteiger partial charge on any atom is 0.256 e. The van der Waals surface area contributed by atoms with Gasteiger partial charge < -0.3 is 5.32 Å². The first kappa shape index (κ1) is 16.1. The summed E-state index contributed by atoms with van der Waals surface area (Å²) in [6, 6.07) is 10.3. The number of hydrogen-bond donors (Lipinski definition) is 1. The van der Waals surface area contributed by atoms with Crippen LogP contribution in [-0.4, -0.2) is 25.7 Å². The largest absolute Gasteiger partial charge is 0.306 e. The Morgan fingerprint density at radius 1 is 1.00 bits per heavy atom. The van der Waals surface area contributed by atoms with Gasteiger partial charge in [0.05, 0.1) is 5.69 Å². The van der Waals surface area contributed by atoms with Crippen LogP contribution >= 0.6 is 11.6 Å². The lowest BCUT2D eigenvalue weighted by Crippen LogP contribution is -2.16. The van der Waals surface area contributed by atoms with Crippen LogP contribution in [-0.2, 0) is 0 Å². The summed E-state index contributed by atoms with van der Waals surface area (Å²) in [5.41, 5.74) is 2.93. The topological polar surface area (TPSA) is 72.7 Å². The van der Waals surface area contributed by atoms with E-state index in [2.05, 4.69) is 20.4 Å². The Bertz CT molecular complexity index is 882. The molecule has 7 heteroatoms. The minimum absolute atomic E-state index is 0.253. The van der Waals surface area contributed by atoms with Crippen LogP contribution in [0.25, 0.3) is 5.95 Å². The Morgan fingerprint density at radius 3 is 2.25 bits per heavy atom. The summed E-state index contributed by atoms with van der Waals surface area (Å²) in [7, 11) is 0. The van der Waals surface area contributed by atoms with Crippen molar-refractivity contribution in [3.63, 3.8) is 0 Å². The number of hydrogen-bond acceptors (Lipinski definition) is 4. The summed E-state index contributed by atoms with van der Waals surface area (Å²) in [5.74, 6) is 0.682. The molecule has 0 atom stereocenters. The first-order valence-corrected chi connectivity index (χ1v) is 7.76. The van der Waals surface area contributed by atoms with Gasteiger partial charge in [-0.3, -0.25) is 4.79 Å². The van der Waals surface area contributed by atoms with Crippen molar-refractivity contribution in [3.8, 4) is 5.95 Å². The second kappa shape index (κ2) is 6.41. The Morgan fingerprint density at radius 2 is 1.62 bits per heavy atom. The van der Waals surface area contributed by atoms with Crippen molar-refractivity contribution in [1.29, 1.82) is 0 Å². The lowest BCUT2D eigenvalue weighted by atomic mass is 10.2. The third-order valence-corrected chi connectivity index (χ3v) is 3.59. The molecule has 0 aliphatic rings. The van der Waals surface area contributed by atoms with Gasteiger partial charge in [-0.15, -0.1) is 0 Å². The number of carbonyl (C=O) groups is 1. The first-order valence-electron chi connectivity index (χ1n) is 7.38. The smallest absolute Gasteiger partial charge is 0.256 e. The summed E-state index contributed by atoms with van der Waals surface area (Å²) in [5, 5.41) is 7.80. The van der Waals surface area contributed by atoms with Crippen LogP contribution in [0, 0.1) is 20.8 Å². The number of aromatic nitrogens is 4. The van der Waals surface area contributed by atoms with Gasteiger partial charge in [0.1, 0.15) is 5.82 Å². The number of anilines is 1. The fraction of sp³-hybridized carbons (Fsp3) is 0.176. The lowest BCUT2D eigenvalue weighted by molar-refractivity contribution is 0.102. The molecule has 0 fully saturated rings. The monoisotopic (exact) mass is 341 g/mol. The van der Waals surface area contributed by atoms with E-state index in [0.717, 1.165) is 17.1 Å². The minimum Gasteiger partial charge on any atom is -0.306 e. The number of nitrogens with one attached hydrogen (secondary N) is 1. The normalized spacial score (nSPS) is 10.7. The molecule has 122 valence electrons. The highest BCUT2D eigenvalue weighted by Crippen LogP contribution is 2.17. The second-order valence-electron chi connectivity index (χ2n) is 5.49. The van der Waals surface area contributed by atoms with Gasteiger partial charge >= 0.3 is 0 Å². The molecule has 2 heterocycles. The van der Waals surface area contributed by atoms with Crippen molar-refractivity contribution >= 4 is 23.3 Å². The zero-order valence-corrected chi connectivity index (χ0v) is 14.3. The van der Waals surface area contributed by atoms with Gasteiger partial charge in [0, 0.05) is 28.0 Å². The van der Waals surface area contributed by atoms with E-state index in [9.17, 15) is 4.79 Å². The average Bonchev–Trinajstić information content (AvgIpc) is 2.87. The summed E-state index contributed by atoms with van der Waals surface area (Å²) in [6.45, 7) is 5.62. The van der Waals surface area contributed by atoms with Crippen molar-refractivity contribution in [1.82, 2.24) is 19.7 Å². The highest BCUT2D eigenvalue weighted by atomic mass is 35.5. The third-order valence-electron chi connectivity index (χ3n) is 3.34. The fourth-order valence-electron chi connectivity index (χ4n) is 2.33. The zero-order valence-electron chi connectivity index (χ0n) is 13.5. The van der Waals surface area contributed by atoms with Crippen molar-refractivity contribution in [3.05, 3.63) is 64.1 Å². The van der Waals surface area contributed by atoms with Crippen LogP contribution < -0.4 is 5.32 Å². The van der Waals surface area contributed by atoms with E-state index in [-0.39, 0.29) is 5.91 Å². The number of rotatable bonds is 3. The van der Waals surface area contributed by atoms with Gasteiger partial charge in [0.2, 0.25) is 0 Å². The van der Waals surface area contributed by atoms with E-state index in [4.69, 9.17) is 11.6 Å². The van der Waals surface area contributed by atoms with Gasteiger partial charge in [-0.1, -0.05) is 11.6 Å². The van der Waals surface area contributed by atoms with Crippen LogP contribution in [0.15, 0.2) is 36.4 Å². The number of halogens is 1. The van der Waals surface area contributed by atoms with E-state index in [0.29, 0.717) is 22.4 Å². The Balaban J connectivity index is 1.94. The molecule has 3 aromatic rings. The zero-order chi connectivity index (χ0) is 17.3. The number of aryl methyl sites for hydroxylation is 3. The second-order valence-corrected chi connectivity index (χ2v) is 5.93. The molecule has 0 aliphatic heterocycles. The maximum absolute atomic E-state index is 12.4. The molecular formula is C17H16ClN5O. The van der Waals surface area contributed by atoms with E-state index in [1.165, 1.54) is 4.68 Å². The molecule has 0 unspecified atom stereocenters. The number of amides is 1. The molecule has 0 spiro atoms. The predicted octanol–water partition coefficient (Wildman–Crippen LogP) is 3.49. The van der Waals surface area contributed by atoms with Crippen molar-refractivity contribution in [2.45, 2.75) is 20.8 Å². The fourth-order valence-corrected chi connectivity index (χ4v) is 2.46. The van der Waals surface area contributed by atoms with E-state index >= 15 is 0 Å². The van der Waals surface area contributed by atoms with E-state index in [1.807, 2.05) is 26.8 Å². The molecule has 1 aromatic carbocycles. The SMILES string of the molecule is Cc1cc(C)nc(-n2nc(C)cc2NC(=O)c2ccc(Cl)cc2)n1. The van der Waals surface area contributed by atoms with Crippen LogP contribution in [0.5, 0.6) is 0 Å². The maximum atomic E-state index is 12.4. The lowest BCUT2D eigenvalue weighted by Gasteiger charge is -2.09. The molecule has 24 heavy (non-hydrogen) atoms. The third kappa shape index (κ3) is 3.44. The summed E-state index contributed by atoms with van der Waals surface area (Å²) < 4.78 is 1.53. The molecule has 0 aliphatic carbocycles. The Labute approximate surface area is 144 Å². The van der Waals surface area contributed by atoms with Gasteiger partial charge in [-0.05, 0) is 51.1 Å². The van der Waals surface area contributed by atoms with E-state index < -0.39 is 0 Å². The van der Waals surface area contributed by atoms with Crippen molar-refractivity contribution in [2.75, 3.05) is 5.32 Å².